The zero-order valence-corrected chi connectivity index (χ0v) is 8.80. The first-order valence-electron chi connectivity index (χ1n) is 4.87. The summed E-state index contributed by atoms with van der Waals surface area (Å²) in [4.78, 5) is 2.40. The van der Waals surface area contributed by atoms with Gasteiger partial charge in [-0.25, -0.2) is 0 Å². The van der Waals surface area contributed by atoms with Crippen LogP contribution in [0.3, 0.4) is 0 Å². The summed E-state index contributed by atoms with van der Waals surface area (Å²) < 4.78 is 5.57. The molecule has 0 aromatic carbocycles. The Labute approximate surface area is 85.5 Å². The summed E-state index contributed by atoms with van der Waals surface area (Å²) in [6, 6.07) is 0. The number of hydrogen-bond acceptors (Lipinski definition) is 2. The molecular formula is C10H18ClNO. The van der Waals surface area contributed by atoms with Gasteiger partial charge in [-0.3, -0.25) is 4.90 Å². The van der Waals surface area contributed by atoms with Crippen LogP contribution in [0.25, 0.3) is 0 Å². The summed E-state index contributed by atoms with van der Waals surface area (Å²) in [6.07, 6.45) is 4.65. The van der Waals surface area contributed by atoms with E-state index in [1.165, 1.54) is 0 Å². The fourth-order valence-corrected chi connectivity index (χ4v) is 1.74. The van der Waals surface area contributed by atoms with Gasteiger partial charge in [0.1, 0.15) is 0 Å². The van der Waals surface area contributed by atoms with Crippen molar-refractivity contribution in [2.45, 2.75) is 18.9 Å². The lowest BCUT2D eigenvalue weighted by molar-refractivity contribution is 0.0177. The highest BCUT2D eigenvalue weighted by atomic mass is 35.5. The lowest BCUT2D eigenvalue weighted by Gasteiger charge is -2.30. The minimum absolute atomic E-state index is 0.430. The second-order valence-corrected chi connectivity index (χ2v) is 3.73. The molecule has 3 heteroatoms. The highest BCUT2D eigenvalue weighted by Gasteiger charge is 2.17. The van der Waals surface area contributed by atoms with Crippen LogP contribution in [0.15, 0.2) is 12.7 Å². The van der Waals surface area contributed by atoms with E-state index in [9.17, 15) is 0 Å². The minimum Gasteiger partial charge on any atom is -0.377 e. The quantitative estimate of drug-likeness (QED) is 0.500. The van der Waals surface area contributed by atoms with Gasteiger partial charge in [0.25, 0.3) is 0 Å². The van der Waals surface area contributed by atoms with Crippen molar-refractivity contribution in [2.75, 3.05) is 32.1 Å². The van der Waals surface area contributed by atoms with Gasteiger partial charge in [-0.05, 0) is 12.8 Å². The third kappa shape index (κ3) is 4.12. The first-order chi connectivity index (χ1) is 6.36. The molecule has 1 fully saturated rings. The molecule has 1 aliphatic heterocycles. The third-order valence-electron chi connectivity index (χ3n) is 2.35. The largest absolute Gasteiger partial charge is 0.377 e. The van der Waals surface area contributed by atoms with Gasteiger partial charge < -0.3 is 4.74 Å². The number of halogens is 1. The zero-order chi connectivity index (χ0) is 9.52. The monoisotopic (exact) mass is 203 g/mol. The zero-order valence-electron chi connectivity index (χ0n) is 8.04. The van der Waals surface area contributed by atoms with E-state index in [1.807, 2.05) is 6.08 Å². The minimum atomic E-state index is 0.430. The molecule has 0 spiro atoms. The smallest absolute Gasteiger partial charge is 0.0605 e. The maximum atomic E-state index is 5.57. The number of nitrogens with zero attached hydrogens (tertiary/aromatic N) is 1. The van der Waals surface area contributed by atoms with Crippen LogP contribution in [-0.2, 0) is 4.74 Å². The molecule has 13 heavy (non-hydrogen) atoms. The lowest BCUT2D eigenvalue weighted by Crippen LogP contribution is -2.37. The Morgan fingerprint density at radius 2 is 2.15 bits per heavy atom. The van der Waals surface area contributed by atoms with E-state index in [4.69, 9.17) is 16.3 Å². The molecule has 1 rings (SSSR count). The summed E-state index contributed by atoms with van der Waals surface area (Å²) in [5.74, 6) is 0.604. The van der Waals surface area contributed by atoms with Crippen molar-refractivity contribution in [1.29, 1.82) is 0 Å². The fraction of sp³-hybridized carbons (Fsp3) is 0.800. The van der Waals surface area contributed by atoms with Gasteiger partial charge in [-0.2, -0.15) is 0 Å². The van der Waals surface area contributed by atoms with Crippen molar-refractivity contribution in [3.05, 3.63) is 12.7 Å². The van der Waals surface area contributed by atoms with Crippen LogP contribution in [0.5, 0.6) is 0 Å². The summed E-state index contributed by atoms with van der Waals surface area (Å²) in [7, 11) is 0. The Bertz CT molecular complexity index is 144. The average Bonchev–Trinajstić information content (AvgIpc) is 2.17. The van der Waals surface area contributed by atoms with Crippen molar-refractivity contribution < 1.29 is 4.74 Å². The van der Waals surface area contributed by atoms with E-state index in [0.717, 1.165) is 32.5 Å². The molecule has 0 unspecified atom stereocenters. The second kappa shape index (κ2) is 6.41. The van der Waals surface area contributed by atoms with E-state index in [1.54, 1.807) is 0 Å². The van der Waals surface area contributed by atoms with E-state index in [2.05, 4.69) is 11.5 Å². The standard InChI is InChI=1S/C10H18ClNO/c1-2-6-12-7-3-10(4-8-12)13-9-5-11/h2,10H,1,3-9H2. The van der Waals surface area contributed by atoms with E-state index < -0.39 is 0 Å². The van der Waals surface area contributed by atoms with Gasteiger partial charge >= 0.3 is 0 Å². The van der Waals surface area contributed by atoms with Crippen LogP contribution in [0.4, 0.5) is 0 Å². The first-order valence-corrected chi connectivity index (χ1v) is 5.41. The van der Waals surface area contributed by atoms with Gasteiger partial charge in [0, 0.05) is 25.5 Å². The number of hydrogen-bond donors (Lipinski definition) is 0. The normalized spacial score (nSPS) is 20.4. The van der Waals surface area contributed by atoms with Crippen LogP contribution in [0, 0.1) is 0 Å². The van der Waals surface area contributed by atoms with Crippen LogP contribution in [0.1, 0.15) is 12.8 Å². The Hall–Kier alpha value is -0.0500. The van der Waals surface area contributed by atoms with Crippen LogP contribution < -0.4 is 0 Å². The third-order valence-corrected chi connectivity index (χ3v) is 2.51. The molecule has 0 atom stereocenters. The van der Waals surface area contributed by atoms with Crippen molar-refractivity contribution in [2.24, 2.45) is 0 Å². The molecular weight excluding hydrogens is 186 g/mol. The SMILES string of the molecule is C=CCN1CCC(OCCCl)CC1. The molecule has 0 N–H and O–H groups in total. The molecule has 0 aromatic rings. The summed E-state index contributed by atoms with van der Waals surface area (Å²) in [6.45, 7) is 7.67. The van der Waals surface area contributed by atoms with Crippen LogP contribution in [-0.4, -0.2) is 43.1 Å². The predicted octanol–water partition coefficient (Wildman–Crippen LogP) is 1.89. The highest BCUT2D eigenvalue weighted by molar-refractivity contribution is 6.17. The van der Waals surface area contributed by atoms with Crippen molar-refractivity contribution in [3.8, 4) is 0 Å². The van der Waals surface area contributed by atoms with E-state index in [0.29, 0.717) is 18.6 Å². The molecule has 0 bridgehead atoms. The number of piperidine rings is 1. The second-order valence-electron chi connectivity index (χ2n) is 3.35. The van der Waals surface area contributed by atoms with Gasteiger partial charge in [-0.1, -0.05) is 6.08 Å². The average molecular weight is 204 g/mol. The van der Waals surface area contributed by atoms with E-state index in [-0.39, 0.29) is 0 Å². The fourth-order valence-electron chi connectivity index (χ4n) is 1.65. The van der Waals surface area contributed by atoms with Crippen molar-refractivity contribution in [1.82, 2.24) is 4.90 Å². The van der Waals surface area contributed by atoms with Gasteiger partial charge in [0.2, 0.25) is 0 Å². The molecule has 0 saturated carbocycles. The number of likely N-dealkylation sites (tertiary alicyclic amines) is 1. The molecule has 1 aliphatic rings. The molecule has 1 saturated heterocycles. The van der Waals surface area contributed by atoms with Crippen LogP contribution >= 0.6 is 11.6 Å². The van der Waals surface area contributed by atoms with Gasteiger partial charge in [-0.15, -0.1) is 18.2 Å². The van der Waals surface area contributed by atoms with Gasteiger partial charge in [0.15, 0.2) is 0 Å². The summed E-state index contributed by atoms with van der Waals surface area (Å²) >= 11 is 5.55. The van der Waals surface area contributed by atoms with Crippen LogP contribution in [0.2, 0.25) is 0 Å². The molecule has 0 aliphatic carbocycles. The maximum Gasteiger partial charge on any atom is 0.0605 e. The molecule has 2 nitrogen and oxygen atoms in total. The maximum absolute atomic E-state index is 5.57. The predicted molar refractivity (Wildman–Crippen MR) is 56.3 cm³/mol. The Morgan fingerprint density at radius 1 is 1.46 bits per heavy atom. The van der Waals surface area contributed by atoms with Crippen molar-refractivity contribution >= 4 is 11.6 Å². The number of rotatable bonds is 5. The Balaban J connectivity index is 2.11. The number of alkyl halides is 1. The molecule has 0 amide bonds. The first kappa shape index (κ1) is 11.0. The summed E-state index contributed by atoms with van der Waals surface area (Å²) in [5, 5.41) is 0. The highest BCUT2D eigenvalue weighted by Crippen LogP contribution is 2.13. The molecule has 0 radical (unpaired) electrons. The molecule has 76 valence electrons. The molecule has 0 aromatic heterocycles. The molecule has 1 heterocycles. The topological polar surface area (TPSA) is 12.5 Å². The number of ether oxygens (including phenoxy) is 1. The van der Waals surface area contributed by atoms with E-state index >= 15 is 0 Å². The van der Waals surface area contributed by atoms with Gasteiger partial charge in [0.05, 0.1) is 12.7 Å². The lowest BCUT2D eigenvalue weighted by atomic mass is 10.1. The van der Waals surface area contributed by atoms with Crippen molar-refractivity contribution in [3.63, 3.8) is 0 Å². The Kier molecular flexibility index (Phi) is 5.44. The Morgan fingerprint density at radius 3 is 2.69 bits per heavy atom. The summed E-state index contributed by atoms with van der Waals surface area (Å²) in [5.41, 5.74) is 0.